The molecule has 6 atom stereocenters. The SMILES string of the molecule is C=CCN(C(=O)[C@@H]1[C@H]2C(=O)N(CCCCCCO)C(C(=O)N(CC=C)C(C)(C)CC(C)(C)C)C23S[C@@H]1CC3C)c1ccc(OCC)cc1. The lowest BCUT2D eigenvalue weighted by molar-refractivity contribution is -0.146. The van der Waals surface area contributed by atoms with E-state index in [9.17, 15) is 14.7 Å². The molecular formula is C39H59N3O5S. The number of aliphatic hydroxyl groups is 1. The van der Waals surface area contributed by atoms with Crippen molar-refractivity contribution in [2.45, 2.75) is 109 Å². The van der Waals surface area contributed by atoms with Crippen molar-refractivity contribution >= 4 is 35.2 Å². The van der Waals surface area contributed by atoms with Crippen molar-refractivity contribution in [3.8, 4) is 5.75 Å². The number of carbonyl (C=O) groups is 3. The van der Waals surface area contributed by atoms with Gasteiger partial charge in [0.05, 0.1) is 23.2 Å². The molecule has 0 aromatic heterocycles. The van der Waals surface area contributed by atoms with E-state index in [2.05, 4.69) is 54.7 Å². The quantitative estimate of drug-likeness (QED) is 0.145. The second-order valence-electron chi connectivity index (χ2n) is 15.7. The van der Waals surface area contributed by atoms with Crippen LogP contribution in [0.4, 0.5) is 5.69 Å². The summed E-state index contributed by atoms with van der Waals surface area (Å²) in [6.45, 7) is 24.7. The van der Waals surface area contributed by atoms with Crippen LogP contribution in [-0.4, -0.2) is 87.1 Å². The van der Waals surface area contributed by atoms with Crippen molar-refractivity contribution in [1.82, 2.24) is 9.80 Å². The van der Waals surface area contributed by atoms with Crippen LogP contribution in [0.15, 0.2) is 49.6 Å². The number of carbonyl (C=O) groups excluding carboxylic acids is 3. The number of hydrogen-bond acceptors (Lipinski definition) is 6. The molecule has 3 amide bonds. The van der Waals surface area contributed by atoms with E-state index in [1.54, 1.807) is 28.8 Å². The van der Waals surface area contributed by atoms with Crippen LogP contribution in [0.1, 0.15) is 87.0 Å². The highest BCUT2D eigenvalue weighted by molar-refractivity contribution is 8.02. The zero-order valence-corrected chi connectivity index (χ0v) is 31.2. The van der Waals surface area contributed by atoms with Gasteiger partial charge in [0.25, 0.3) is 0 Å². The Kier molecular flexibility index (Phi) is 12.2. The van der Waals surface area contributed by atoms with Gasteiger partial charge in [0.1, 0.15) is 11.8 Å². The van der Waals surface area contributed by atoms with Crippen molar-refractivity contribution < 1.29 is 24.2 Å². The van der Waals surface area contributed by atoms with Crippen molar-refractivity contribution in [1.29, 1.82) is 0 Å². The molecule has 0 saturated carbocycles. The van der Waals surface area contributed by atoms with Gasteiger partial charge < -0.3 is 24.5 Å². The minimum Gasteiger partial charge on any atom is -0.494 e. The first kappa shape index (κ1) is 38.0. The molecule has 1 aromatic carbocycles. The summed E-state index contributed by atoms with van der Waals surface area (Å²) in [6.07, 6.45) is 8.23. The van der Waals surface area contributed by atoms with Crippen molar-refractivity contribution in [2.24, 2.45) is 23.2 Å². The molecule has 3 unspecified atom stereocenters. The molecule has 266 valence electrons. The Balaban J connectivity index is 1.77. The van der Waals surface area contributed by atoms with E-state index in [1.165, 1.54) is 0 Å². The highest BCUT2D eigenvalue weighted by Gasteiger charge is 2.76. The number of thioether (sulfide) groups is 1. The third-order valence-electron chi connectivity index (χ3n) is 10.4. The zero-order chi connectivity index (χ0) is 35.4. The van der Waals surface area contributed by atoms with Crippen LogP contribution in [0.3, 0.4) is 0 Å². The number of ether oxygens (including phenoxy) is 1. The molecule has 1 aromatic rings. The molecule has 8 nitrogen and oxygen atoms in total. The van der Waals surface area contributed by atoms with Gasteiger partial charge in [-0.1, -0.05) is 52.7 Å². The van der Waals surface area contributed by atoms with E-state index in [1.807, 2.05) is 41.0 Å². The molecule has 3 saturated heterocycles. The van der Waals surface area contributed by atoms with Gasteiger partial charge in [-0.2, -0.15) is 0 Å². The summed E-state index contributed by atoms with van der Waals surface area (Å²) in [4.78, 5) is 50.3. The first-order valence-electron chi connectivity index (χ1n) is 17.8. The first-order valence-corrected chi connectivity index (χ1v) is 18.7. The average molecular weight is 682 g/mol. The number of nitrogens with zero attached hydrogens (tertiary/aromatic N) is 3. The van der Waals surface area contributed by atoms with Crippen LogP contribution in [0.25, 0.3) is 0 Å². The molecular weight excluding hydrogens is 623 g/mol. The van der Waals surface area contributed by atoms with Gasteiger partial charge in [0.15, 0.2) is 0 Å². The summed E-state index contributed by atoms with van der Waals surface area (Å²) < 4.78 is 4.93. The smallest absolute Gasteiger partial charge is 0.247 e. The Morgan fingerprint density at radius 1 is 1.04 bits per heavy atom. The second kappa shape index (κ2) is 15.4. The highest BCUT2D eigenvalue weighted by atomic mass is 32.2. The third-order valence-corrected chi connectivity index (χ3v) is 12.5. The van der Waals surface area contributed by atoms with E-state index in [0.29, 0.717) is 32.7 Å². The Bertz CT molecular complexity index is 1320. The molecule has 0 radical (unpaired) electrons. The van der Waals surface area contributed by atoms with Gasteiger partial charge in [-0.15, -0.1) is 24.9 Å². The lowest BCUT2D eigenvalue weighted by atomic mass is 9.65. The number of fused-ring (bicyclic) bond motifs is 1. The van der Waals surface area contributed by atoms with Crippen molar-refractivity contribution in [3.63, 3.8) is 0 Å². The molecule has 2 bridgehead atoms. The van der Waals surface area contributed by atoms with E-state index < -0.39 is 28.2 Å². The molecule has 9 heteroatoms. The van der Waals surface area contributed by atoms with Crippen LogP contribution in [0.5, 0.6) is 5.75 Å². The summed E-state index contributed by atoms with van der Waals surface area (Å²) in [6, 6.07) is 6.83. The largest absolute Gasteiger partial charge is 0.494 e. The predicted octanol–water partition coefficient (Wildman–Crippen LogP) is 6.72. The van der Waals surface area contributed by atoms with E-state index in [4.69, 9.17) is 4.74 Å². The summed E-state index contributed by atoms with van der Waals surface area (Å²) in [5.74, 6) is -0.539. The number of likely N-dealkylation sites (tertiary alicyclic amines) is 1. The minimum absolute atomic E-state index is 0.0250. The van der Waals surface area contributed by atoms with Gasteiger partial charge in [-0.3, -0.25) is 14.4 Å². The molecule has 3 aliphatic heterocycles. The fourth-order valence-electron chi connectivity index (χ4n) is 8.89. The molecule has 1 spiro atoms. The Morgan fingerprint density at radius 2 is 1.69 bits per heavy atom. The number of anilines is 1. The Labute approximate surface area is 293 Å². The van der Waals surface area contributed by atoms with Gasteiger partial charge in [-0.05, 0) is 82.1 Å². The predicted molar refractivity (Wildman–Crippen MR) is 196 cm³/mol. The van der Waals surface area contributed by atoms with Crippen LogP contribution >= 0.6 is 11.8 Å². The third kappa shape index (κ3) is 7.37. The first-order chi connectivity index (χ1) is 22.7. The summed E-state index contributed by atoms with van der Waals surface area (Å²) >= 11 is 1.72. The molecule has 3 fully saturated rings. The fourth-order valence-corrected chi connectivity index (χ4v) is 11.3. The number of amides is 3. The monoisotopic (exact) mass is 681 g/mol. The van der Waals surface area contributed by atoms with Crippen LogP contribution < -0.4 is 9.64 Å². The van der Waals surface area contributed by atoms with Crippen molar-refractivity contribution in [3.05, 3.63) is 49.6 Å². The average Bonchev–Trinajstić information content (AvgIpc) is 3.60. The molecule has 3 aliphatic rings. The fraction of sp³-hybridized carbons (Fsp3) is 0.667. The Morgan fingerprint density at radius 3 is 2.27 bits per heavy atom. The van der Waals surface area contributed by atoms with E-state index >= 15 is 4.79 Å². The van der Waals surface area contributed by atoms with E-state index in [-0.39, 0.29) is 40.9 Å². The number of hydrogen-bond donors (Lipinski definition) is 1. The van der Waals surface area contributed by atoms with Gasteiger partial charge in [-0.25, -0.2) is 0 Å². The van der Waals surface area contributed by atoms with Crippen LogP contribution in [0, 0.1) is 23.2 Å². The normalized spacial score (nSPS) is 26.4. The van der Waals surface area contributed by atoms with Gasteiger partial charge >= 0.3 is 0 Å². The molecule has 48 heavy (non-hydrogen) atoms. The number of unbranched alkanes of at least 4 members (excludes halogenated alkanes) is 3. The van der Waals surface area contributed by atoms with E-state index in [0.717, 1.165) is 43.5 Å². The van der Waals surface area contributed by atoms with Gasteiger partial charge in [0.2, 0.25) is 17.7 Å². The number of rotatable bonds is 17. The standard InChI is InChI=1S/C39H59N3O5S/c1-10-21-40(28-17-19-29(20-18-28)47-12-3)34(44)31-30-25-27(4)39(48-30)32(31)35(45)41(23-15-13-14-16-24-43)33(39)36(46)42(22-11-2)38(8,9)26-37(5,6)7/h10-11,17-20,27,30-33,43H,1-2,12-16,21-26H2,3-9H3/t27?,30-,31+,32+,33?,39?/m1/s1. The maximum absolute atomic E-state index is 15.2. The maximum Gasteiger partial charge on any atom is 0.247 e. The van der Waals surface area contributed by atoms with Crippen molar-refractivity contribution in [2.75, 3.05) is 37.7 Å². The molecule has 0 aliphatic carbocycles. The van der Waals surface area contributed by atoms with Gasteiger partial charge in [0, 0.05) is 42.7 Å². The number of aliphatic hydroxyl groups excluding tert-OH is 1. The van der Waals surface area contributed by atoms with Crippen LogP contribution in [-0.2, 0) is 14.4 Å². The highest BCUT2D eigenvalue weighted by Crippen LogP contribution is 2.69. The van der Waals surface area contributed by atoms with Crippen LogP contribution in [0.2, 0.25) is 0 Å². The molecule has 4 rings (SSSR count). The zero-order valence-electron chi connectivity index (χ0n) is 30.4. The second-order valence-corrected chi connectivity index (χ2v) is 17.2. The summed E-state index contributed by atoms with van der Waals surface area (Å²) in [7, 11) is 0. The summed E-state index contributed by atoms with van der Waals surface area (Å²) in [5, 5.41) is 9.26. The summed E-state index contributed by atoms with van der Waals surface area (Å²) in [5.41, 5.74) is 0.225. The Hall–Kier alpha value is -2.78. The molecule has 3 heterocycles. The minimum atomic E-state index is -0.708. The molecule has 1 N–H and O–H groups in total. The lowest BCUT2D eigenvalue weighted by Crippen LogP contribution is -2.61. The lowest BCUT2D eigenvalue weighted by Gasteiger charge is -2.47. The topological polar surface area (TPSA) is 90.4 Å². The number of benzene rings is 1. The maximum atomic E-state index is 15.2.